The molecule has 4 heteroatoms. The van der Waals surface area contributed by atoms with Gasteiger partial charge in [0.25, 0.3) is 0 Å². The van der Waals surface area contributed by atoms with Crippen molar-refractivity contribution in [2.75, 3.05) is 20.1 Å². The van der Waals surface area contributed by atoms with Gasteiger partial charge in [0.05, 0.1) is 22.2 Å². The van der Waals surface area contributed by atoms with Crippen LogP contribution in [0, 0.1) is 16.7 Å². The zero-order valence-corrected chi connectivity index (χ0v) is 11.7. The van der Waals surface area contributed by atoms with Crippen LogP contribution < -0.4 is 0 Å². The molecule has 0 radical (unpaired) electrons. The van der Waals surface area contributed by atoms with Crippen LogP contribution in [0.25, 0.3) is 0 Å². The second-order valence-electron chi connectivity index (χ2n) is 5.84. The summed E-state index contributed by atoms with van der Waals surface area (Å²) in [5, 5.41) is 12.5. The Morgan fingerprint density at radius 3 is 3.11 bits per heavy atom. The Morgan fingerprint density at radius 1 is 1.61 bits per heavy atom. The molecule has 1 aromatic rings. The van der Waals surface area contributed by atoms with Crippen LogP contribution in [0.4, 0.5) is 0 Å². The first kappa shape index (κ1) is 12.1. The zero-order chi connectivity index (χ0) is 12.6. The van der Waals surface area contributed by atoms with Crippen molar-refractivity contribution in [1.29, 1.82) is 5.26 Å². The first-order valence-electron chi connectivity index (χ1n) is 6.75. The zero-order valence-electron chi connectivity index (χ0n) is 10.9. The first-order chi connectivity index (χ1) is 8.71. The summed E-state index contributed by atoms with van der Waals surface area (Å²) in [6.07, 6.45) is 5.53. The number of nitriles is 1. The molecule has 1 saturated heterocycles. The third-order valence-corrected chi connectivity index (χ3v) is 5.06. The molecule has 1 atom stereocenters. The van der Waals surface area contributed by atoms with Crippen molar-refractivity contribution in [3.8, 4) is 6.07 Å². The largest absolute Gasteiger partial charge is 0.306 e. The van der Waals surface area contributed by atoms with E-state index in [2.05, 4.69) is 23.4 Å². The van der Waals surface area contributed by atoms with Gasteiger partial charge in [0.2, 0.25) is 0 Å². The van der Waals surface area contributed by atoms with Gasteiger partial charge >= 0.3 is 0 Å². The number of hydrogen-bond acceptors (Lipinski definition) is 4. The molecule has 1 unspecified atom stereocenters. The Kier molecular flexibility index (Phi) is 3.13. The van der Waals surface area contributed by atoms with E-state index in [4.69, 9.17) is 10.2 Å². The molecule has 18 heavy (non-hydrogen) atoms. The number of likely N-dealkylation sites (tertiary alicyclic amines) is 1. The maximum Gasteiger partial charge on any atom is 0.0944 e. The number of nitrogens with zero attached hydrogens (tertiary/aromatic N) is 3. The van der Waals surface area contributed by atoms with Crippen LogP contribution in [0.3, 0.4) is 0 Å². The molecule has 1 aliphatic heterocycles. The maximum absolute atomic E-state index is 9.13. The fourth-order valence-corrected chi connectivity index (χ4v) is 3.79. The number of hydrogen-bond donors (Lipinski definition) is 0. The highest BCUT2D eigenvalue weighted by atomic mass is 32.1. The third kappa shape index (κ3) is 2.43. The Bertz CT molecular complexity index is 470. The van der Waals surface area contributed by atoms with Gasteiger partial charge in [-0.3, -0.25) is 0 Å². The second kappa shape index (κ2) is 4.64. The fraction of sp³-hybridized carbons (Fsp3) is 0.714. The molecule has 1 aromatic heterocycles. The summed E-state index contributed by atoms with van der Waals surface area (Å²) in [6, 6.07) is 2.46. The standard InChI is InChI=1S/C14H19N3S/c1-17-6-2-3-11(8-17)12-9-18-13(16-12)7-14(10-15)4-5-14/h9,11H,2-8H2,1H3. The third-order valence-electron chi connectivity index (χ3n) is 4.19. The molecule has 0 N–H and O–H groups in total. The van der Waals surface area contributed by atoms with E-state index in [-0.39, 0.29) is 5.41 Å². The molecule has 0 spiro atoms. The SMILES string of the molecule is CN1CCCC(c2csc(CC3(C#N)CC3)n2)C1. The van der Waals surface area contributed by atoms with Crippen molar-refractivity contribution in [3.63, 3.8) is 0 Å². The molecular weight excluding hydrogens is 242 g/mol. The lowest BCUT2D eigenvalue weighted by atomic mass is 9.96. The summed E-state index contributed by atoms with van der Waals surface area (Å²) in [4.78, 5) is 7.18. The van der Waals surface area contributed by atoms with Crippen LogP contribution in [0.15, 0.2) is 5.38 Å². The van der Waals surface area contributed by atoms with E-state index in [1.54, 1.807) is 11.3 Å². The minimum Gasteiger partial charge on any atom is -0.306 e. The quantitative estimate of drug-likeness (QED) is 0.840. The average Bonchev–Trinajstić information content (AvgIpc) is 2.99. The number of aromatic nitrogens is 1. The topological polar surface area (TPSA) is 39.9 Å². The Balaban J connectivity index is 1.68. The highest BCUT2D eigenvalue weighted by Gasteiger charge is 2.43. The number of piperidine rings is 1. The summed E-state index contributed by atoms with van der Waals surface area (Å²) < 4.78 is 0. The van der Waals surface area contributed by atoms with E-state index in [9.17, 15) is 0 Å². The van der Waals surface area contributed by atoms with Gasteiger partial charge in [-0.2, -0.15) is 5.26 Å². The van der Waals surface area contributed by atoms with Gasteiger partial charge in [-0.25, -0.2) is 4.98 Å². The van der Waals surface area contributed by atoms with Crippen LogP contribution in [-0.2, 0) is 6.42 Å². The lowest BCUT2D eigenvalue weighted by molar-refractivity contribution is 0.248. The van der Waals surface area contributed by atoms with Gasteiger partial charge in [0, 0.05) is 24.3 Å². The van der Waals surface area contributed by atoms with E-state index >= 15 is 0 Å². The van der Waals surface area contributed by atoms with Crippen molar-refractivity contribution in [2.45, 2.75) is 38.0 Å². The smallest absolute Gasteiger partial charge is 0.0944 e. The summed E-state index contributed by atoms with van der Waals surface area (Å²) in [5.74, 6) is 0.603. The molecular formula is C14H19N3S. The summed E-state index contributed by atoms with van der Waals surface area (Å²) in [6.45, 7) is 2.34. The molecule has 0 amide bonds. The lowest BCUT2D eigenvalue weighted by Gasteiger charge is -2.28. The molecule has 1 saturated carbocycles. The Hall–Kier alpha value is -0.920. The molecule has 2 fully saturated rings. The van der Waals surface area contributed by atoms with Crippen LogP contribution in [0.2, 0.25) is 0 Å². The van der Waals surface area contributed by atoms with Crippen LogP contribution in [0.1, 0.15) is 42.3 Å². The van der Waals surface area contributed by atoms with Crippen LogP contribution >= 0.6 is 11.3 Å². The van der Waals surface area contributed by atoms with Crippen molar-refractivity contribution < 1.29 is 0 Å². The summed E-state index contributed by atoms with van der Waals surface area (Å²) in [5.41, 5.74) is 1.20. The van der Waals surface area contributed by atoms with E-state index in [1.807, 2.05) is 0 Å². The van der Waals surface area contributed by atoms with Crippen molar-refractivity contribution in [1.82, 2.24) is 9.88 Å². The van der Waals surface area contributed by atoms with Crippen molar-refractivity contribution in [2.24, 2.45) is 5.41 Å². The van der Waals surface area contributed by atoms with Crippen LogP contribution in [0.5, 0.6) is 0 Å². The molecule has 0 bridgehead atoms. The minimum absolute atomic E-state index is 0.0571. The number of likely N-dealkylation sites (N-methyl/N-ethyl adjacent to an activating group) is 1. The van der Waals surface area contributed by atoms with Crippen LogP contribution in [-0.4, -0.2) is 30.0 Å². The summed E-state index contributed by atoms with van der Waals surface area (Å²) >= 11 is 1.75. The monoisotopic (exact) mass is 261 g/mol. The molecule has 3 rings (SSSR count). The van der Waals surface area contributed by atoms with Crippen molar-refractivity contribution in [3.05, 3.63) is 16.1 Å². The van der Waals surface area contributed by atoms with Gasteiger partial charge < -0.3 is 4.90 Å². The maximum atomic E-state index is 9.13. The predicted molar refractivity (Wildman–Crippen MR) is 72.6 cm³/mol. The van der Waals surface area contributed by atoms with Gasteiger partial charge in [-0.1, -0.05) is 0 Å². The Labute approximate surface area is 112 Å². The second-order valence-corrected chi connectivity index (χ2v) is 6.78. The highest BCUT2D eigenvalue weighted by molar-refractivity contribution is 7.09. The molecule has 96 valence electrons. The van der Waals surface area contributed by atoms with E-state index < -0.39 is 0 Å². The average molecular weight is 261 g/mol. The normalized spacial score (nSPS) is 26.8. The molecule has 0 aromatic carbocycles. The summed E-state index contributed by atoms with van der Waals surface area (Å²) in [7, 11) is 2.19. The number of thiazole rings is 1. The molecule has 2 aliphatic rings. The molecule has 2 heterocycles. The van der Waals surface area contributed by atoms with E-state index in [1.165, 1.54) is 25.1 Å². The van der Waals surface area contributed by atoms with Gasteiger partial charge in [0.1, 0.15) is 0 Å². The van der Waals surface area contributed by atoms with Gasteiger partial charge in [-0.05, 0) is 39.3 Å². The lowest BCUT2D eigenvalue weighted by Crippen LogP contribution is -2.30. The number of rotatable bonds is 3. The van der Waals surface area contributed by atoms with Gasteiger partial charge in [-0.15, -0.1) is 11.3 Å². The van der Waals surface area contributed by atoms with E-state index in [0.29, 0.717) is 5.92 Å². The highest BCUT2D eigenvalue weighted by Crippen LogP contribution is 2.48. The Morgan fingerprint density at radius 2 is 2.44 bits per heavy atom. The van der Waals surface area contributed by atoms with Crippen molar-refractivity contribution >= 4 is 11.3 Å². The molecule has 1 aliphatic carbocycles. The minimum atomic E-state index is -0.0571. The molecule has 3 nitrogen and oxygen atoms in total. The predicted octanol–water partition coefficient (Wildman–Crippen LogP) is 2.80. The fourth-order valence-electron chi connectivity index (χ4n) is 2.77. The van der Waals surface area contributed by atoms with Gasteiger partial charge in [0.15, 0.2) is 0 Å². The van der Waals surface area contributed by atoms with E-state index in [0.717, 1.165) is 30.8 Å². The first-order valence-corrected chi connectivity index (χ1v) is 7.63.